The lowest BCUT2D eigenvalue weighted by Crippen LogP contribution is -2.27. The molecule has 0 bridgehead atoms. The van der Waals surface area contributed by atoms with Gasteiger partial charge in [0.2, 0.25) is 0 Å². The summed E-state index contributed by atoms with van der Waals surface area (Å²) in [5, 5.41) is 13.8. The molecule has 1 aromatic carbocycles. The lowest BCUT2D eigenvalue weighted by Gasteiger charge is -2.17. The third-order valence-electron chi connectivity index (χ3n) is 2.64. The molecule has 0 saturated heterocycles. The molecule has 0 saturated carbocycles. The molecule has 0 aromatic heterocycles. The first kappa shape index (κ1) is 14.0. The Labute approximate surface area is 106 Å². The molecular formula is C12H17N3O3. The Morgan fingerprint density at radius 3 is 2.61 bits per heavy atom. The minimum Gasteiger partial charge on any atom is -0.379 e. The van der Waals surface area contributed by atoms with Crippen molar-refractivity contribution in [2.75, 3.05) is 25.5 Å². The Hall–Kier alpha value is -2.11. The number of anilines is 1. The van der Waals surface area contributed by atoms with Crippen LogP contribution in [0.25, 0.3) is 0 Å². The van der Waals surface area contributed by atoms with Crippen LogP contribution >= 0.6 is 0 Å². The van der Waals surface area contributed by atoms with E-state index in [9.17, 15) is 14.9 Å². The lowest BCUT2D eigenvalue weighted by molar-refractivity contribution is -0.384. The summed E-state index contributed by atoms with van der Waals surface area (Å²) in [6.45, 7) is 4.74. The zero-order valence-electron chi connectivity index (χ0n) is 10.8. The summed E-state index contributed by atoms with van der Waals surface area (Å²) in [5.74, 6) is -0.225. The van der Waals surface area contributed by atoms with Crippen LogP contribution in [0.5, 0.6) is 0 Å². The van der Waals surface area contributed by atoms with Crippen molar-refractivity contribution in [3.8, 4) is 0 Å². The van der Waals surface area contributed by atoms with Crippen molar-refractivity contribution in [2.24, 2.45) is 0 Å². The number of hydrogen-bond donors (Lipinski definition) is 1. The van der Waals surface area contributed by atoms with Crippen molar-refractivity contribution in [2.45, 2.75) is 13.8 Å². The second-order valence-electron chi connectivity index (χ2n) is 3.81. The molecule has 1 aromatic rings. The van der Waals surface area contributed by atoms with Gasteiger partial charge in [-0.15, -0.1) is 0 Å². The van der Waals surface area contributed by atoms with Crippen LogP contribution in [0.3, 0.4) is 0 Å². The van der Waals surface area contributed by atoms with E-state index in [1.165, 1.54) is 17.0 Å². The third-order valence-corrected chi connectivity index (χ3v) is 2.64. The average molecular weight is 251 g/mol. The maximum Gasteiger partial charge on any atom is 0.293 e. The molecule has 0 spiro atoms. The summed E-state index contributed by atoms with van der Waals surface area (Å²) >= 11 is 0. The number of rotatable bonds is 5. The fourth-order valence-electron chi connectivity index (χ4n) is 1.58. The highest BCUT2D eigenvalue weighted by atomic mass is 16.6. The number of nitro benzene ring substituents is 1. The Morgan fingerprint density at radius 1 is 1.44 bits per heavy atom. The summed E-state index contributed by atoms with van der Waals surface area (Å²) < 4.78 is 0. The maximum absolute atomic E-state index is 12.1. The molecule has 0 fully saturated rings. The van der Waals surface area contributed by atoms with E-state index in [-0.39, 0.29) is 17.3 Å². The van der Waals surface area contributed by atoms with E-state index in [0.29, 0.717) is 18.7 Å². The van der Waals surface area contributed by atoms with Crippen LogP contribution in [-0.4, -0.2) is 35.9 Å². The van der Waals surface area contributed by atoms with Crippen molar-refractivity contribution in [3.63, 3.8) is 0 Å². The fourth-order valence-corrected chi connectivity index (χ4v) is 1.58. The van der Waals surface area contributed by atoms with Gasteiger partial charge in [0, 0.05) is 26.2 Å². The molecule has 0 atom stereocenters. The van der Waals surface area contributed by atoms with Crippen LogP contribution < -0.4 is 5.32 Å². The molecule has 98 valence electrons. The number of carbonyl (C=O) groups excluding carboxylic acids is 1. The molecule has 0 aliphatic heterocycles. The van der Waals surface area contributed by atoms with Crippen LogP contribution in [0.2, 0.25) is 0 Å². The first-order valence-electron chi connectivity index (χ1n) is 5.79. The smallest absolute Gasteiger partial charge is 0.293 e. The number of nitro groups is 1. The number of benzene rings is 1. The molecule has 0 aliphatic rings. The maximum atomic E-state index is 12.1. The fraction of sp³-hybridized carbons (Fsp3) is 0.417. The van der Waals surface area contributed by atoms with E-state index in [4.69, 9.17) is 0 Å². The van der Waals surface area contributed by atoms with Gasteiger partial charge >= 0.3 is 0 Å². The first-order valence-corrected chi connectivity index (χ1v) is 5.79. The molecule has 0 heterocycles. The second-order valence-corrected chi connectivity index (χ2v) is 3.81. The van der Waals surface area contributed by atoms with Gasteiger partial charge in [-0.05, 0) is 19.9 Å². The molecule has 6 nitrogen and oxygen atoms in total. The summed E-state index contributed by atoms with van der Waals surface area (Å²) in [7, 11) is 1.66. The van der Waals surface area contributed by atoms with Crippen LogP contribution in [0.1, 0.15) is 24.2 Å². The standard InChI is InChI=1S/C12H17N3O3/c1-4-13-11-9(12(16)14(3)5-2)7-6-8-10(11)15(17)18/h6-8,13H,4-5H2,1-3H3. The molecule has 1 amide bonds. The quantitative estimate of drug-likeness (QED) is 0.642. The van der Waals surface area contributed by atoms with Crippen molar-refractivity contribution < 1.29 is 9.72 Å². The first-order chi connectivity index (χ1) is 8.52. The number of nitrogens with zero attached hydrogens (tertiary/aromatic N) is 2. The minimum atomic E-state index is -0.485. The largest absolute Gasteiger partial charge is 0.379 e. The molecule has 6 heteroatoms. The van der Waals surface area contributed by atoms with Crippen LogP contribution in [0.15, 0.2) is 18.2 Å². The van der Waals surface area contributed by atoms with Crippen LogP contribution in [0, 0.1) is 10.1 Å². The Kier molecular flexibility index (Phi) is 4.65. The normalized spacial score (nSPS) is 9.94. The molecule has 0 aliphatic carbocycles. The van der Waals surface area contributed by atoms with Gasteiger partial charge < -0.3 is 10.2 Å². The molecule has 0 radical (unpaired) electrons. The van der Waals surface area contributed by atoms with Crippen molar-refractivity contribution in [1.29, 1.82) is 0 Å². The SMILES string of the molecule is CCNc1c(C(=O)N(C)CC)cccc1[N+](=O)[O-]. The Morgan fingerprint density at radius 2 is 2.11 bits per heavy atom. The summed E-state index contributed by atoms with van der Waals surface area (Å²) in [5.41, 5.74) is 0.540. The molecular weight excluding hydrogens is 234 g/mol. The predicted molar refractivity (Wildman–Crippen MR) is 69.9 cm³/mol. The van der Waals surface area contributed by atoms with Gasteiger partial charge in [-0.2, -0.15) is 0 Å². The molecule has 1 rings (SSSR count). The van der Waals surface area contributed by atoms with Gasteiger partial charge in [0.05, 0.1) is 10.5 Å². The Bertz CT molecular complexity index is 460. The number of carbonyl (C=O) groups is 1. The number of para-hydroxylation sites is 1. The highest BCUT2D eigenvalue weighted by Gasteiger charge is 2.22. The van der Waals surface area contributed by atoms with E-state index in [0.717, 1.165) is 0 Å². The van der Waals surface area contributed by atoms with E-state index in [2.05, 4.69) is 5.32 Å². The van der Waals surface area contributed by atoms with Crippen molar-refractivity contribution in [1.82, 2.24) is 4.90 Å². The summed E-state index contributed by atoms with van der Waals surface area (Å²) in [6.07, 6.45) is 0. The predicted octanol–water partition coefficient (Wildman–Crippen LogP) is 2.12. The number of nitrogens with one attached hydrogen (secondary N) is 1. The van der Waals surface area contributed by atoms with Crippen LogP contribution in [-0.2, 0) is 0 Å². The van der Waals surface area contributed by atoms with Gasteiger partial charge in [-0.25, -0.2) is 0 Å². The second kappa shape index (κ2) is 6.00. The minimum absolute atomic E-state index is 0.0767. The number of hydrogen-bond acceptors (Lipinski definition) is 4. The highest BCUT2D eigenvalue weighted by Crippen LogP contribution is 2.28. The lowest BCUT2D eigenvalue weighted by atomic mass is 10.1. The van der Waals surface area contributed by atoms with Crippen LogP contribution in [0.4, 0.5) is 11.4 Å². The van der Waals surface area contributed by atoms with E-state index in [1.807, 2.05) is 13.8 Å². The van der Waals surface area contributed by atoms with Gasteiger partial charge in [-0.1, -0.05) is 6.07 Å². The zero-order valence-corrected chi connectivity index (χ0v) is 10.8. The van der Waals surface area contributed by atoms with E-state index in [1.54, 1.807) is 13.1 Å². The third kappa shape index (κ3) is 2.77. The van der Waals surface area contributed by atoms with Crippen molar-refractivity contribution >= 4 is 17.3 Å². The number of amides is 1. The average Bonchev–Trinajstić information content (AvgIpc) is 2.37. The molecule has 0 unspecified atom stereocenters. The van der Waals surface area contributed by atoms with E-state index >= 15 is 0 Å². The monoisotopic (exact) mass is 251 g/mol. The summed E-state index contributed by atoms with van der Waals surface area (Å²) in [6, 6.07) is 4.51. The van der Waals surface area contributed by atoms with Gasteiger partial charge in [0.1, 0.15) is 5.69 Å². The van der Waals surface area contributed by atoms with E-state index < -0.39 is 4.92 Å². The highest BCUT2D eigenvalue weighted by molar-refractivity contribution is 6.01. The summed E-state index contributed by atoms with van der Waals surface area (Å²) in [4.78, 5) is 24.1. The van der Waals surface area contributed by atoms with Crippen molar-refractivity contribution in [3.05, 3.63) is 33.9 Å². The Balaban J connectivity index is 3.30. The topological polar surface area (TPSA) is 75.5 Å². The van der Waals surface area contributed by atoms with Gasteiger partial charge in [0.15, 0.2) is 0 Å². The molecule has 18 heavy (non-hydrogen) atoms. The zero-order chi connectivity index (χ0) is 13.7. The van der Waals surface area contributed by atoms with Gasteiger partial charge in [0.25, 0.3) is 11.6 Å². The van der Waals surface area contributed by atoms with Gasteiger partial charge in [-0.3, -0.25) is 14.9 Å². The molecule has 1 N–H and O–H groups in total.